The van der Waals surface area contributed by atoms with E-state index in [4.69, 9.17) is 11.6 Å². The van der Waals surface area contributed by atoms with Crippen molar-refractivity contribution in [3.05, 3.63) is 58.6 Å². The molecule has 166 valence electrons. The van der Waals surface area contributed by atoms with Gasteiger partial charge in [-0.05, 0) is 38.1 Å². The quantitative estimate of drug-likeness (QED) is 0.509. The highest BCUT2D eigenvalue weighted by Crippen LogP contribution is 2.35. The summed E-state index contributed by atoms with van der Waals surface area (Å²) in [4.78, 5) is 7.69. The molecule has 31 heavy (non-hydrogen) atoms. The zero-order valence-electron chi connectivity index (χ0n) is 16.4. The Morgan fingerprint density at radius 1 is 1.10 bits per heavy atom. The summed E-state index contributed by atoms with van der Waals surface area (Å²) < 4.78 is 67.4. The van der Waals surface area contributed by atoms with Crippen LogP contribution in [0.5, 0.6) is 0 Å². The Kier molecular flexibility index (Phi) is 6.53. The Morgan fingerprint density at radius 2 is 1.84 bits per heavy atom. The van der Waals surface area contributed by atoms with Gasteiger partial charge in [-0.25, -0.2) is 27.8 Å². The molecule has 0 fully saturated rings. The summed E-state index contributed by atoms with van der Waals surface area (Å²) in [6.07, 6.45) is -3.43. The van der Waals surface area contributed by atoms with Gasteiger partial charge in [-0.3, -0.25) is 0 Å². The first-order chi connectivity index (χ1) is 14.5. The highest BCUT2D eigenvalue weighted by Gasteiger charge is 2.34. The van der Waals surface area contributed by atoms with Gasteiger partial charge in [0.15, 0.2) is 5.82 Å². The van der Waals surface area contributed by atoms with Crippen LogP contribution in [-0.2, 0) is 16.2 Å². The maximum atomic E-state index is 13.0. The largest absolute Gasteiger partial charge is 0.417 e. The Bertz CT molecular complexity index is 1200. The van der Waals surface area contributed by atoms with Crippen molar-refractivity contribution in [2.24, 2.45) is 0 Å². The standard InChI is InChI=1S/C18H18ClF3N6O2S/c1-11-7-12(2)28(27-11)17-9-16(24-10-25-17)23-5-6-26-31(29,30)13-3-4-15(19)14(8-13)18(20,21)22/h3-4,7-10,26H,5-6H2,1-2H3,(H,23,24,25). The molecule has 0 aliphatic carbocycles. The molecule has 0 bridgehead atoms. The third-order valence-electron chi connectivity index (χ3n) is 4.16. The Labute approximate surface area is 181 Å². The molecule has 0 unspecified atom stereocenters. The van der Waals surface area contributed by atoms with Crippen molar-refractivity contribution >= 4 is 27.4 Å². The molecule has 3 rings (SSSR count). The third-order valence-corrected chi connectivity index (χ3v) is 5.94. The lowest BCUT2D eigenvalue weighted by atomic mass is 10.2. The van der Waals surface area contributed by atoms with Crippen LogP contribution in [0.1, 0.15) is 17.0 Å². The van der Waals surface area contributed by atoms with E-state index in [1.807, 2.05) is 19.9 Å². The molecule has 0 aliphatic heterocycles. The van der Waals surface area contributed by atoms with Gasteiger partial charge in [0.2, 0.25) is 10.0 Å². The molecule has 13 heteroatoms. The van der Waals surface area contributed by atoms with Crippen molar-refractivity contribution < 1.29 is 21.6 Å². The Morgan fingerprint density at radius 3 is 2.48 bits per heavy atom. The predicted octanol–water partition coefficient (Wildman–Crippen LogP) is 3.34. The van der Waals surface area contributed by atoms with Crippen molar-refractivity contribution in [3.8, 4) is 5.82 Å². The van der Waals surface area contributed by atoms with E-state index in [1.165, 1.54) is 6.33 Å². The second-order valence-corrected chi connectivity index (χ2v) is 8.74. The normalized spacial score (nSPS) is 12.2. The predicted molar refractivity (Wildman–Crippen MR) is 109 cm³/mol. The second-order valence-electron chi connectivity index (χ2n) is 6.56. The van der Waals surface area contributed by atoms with E-state index in [0.717, 1.165) is 23.5 Å². The van der Waals surface area contributed by atoms with Crippen molar-refractivity contribution in [2.75, 3.05) is 18.4 Å². The van der Waals surface area contributed by atoms with Crippen LogP contribution in [0.15, 0.2) is 41.6 Å². The summed E-state index contributed by atoms with van der Waals surface area (Å²) in [5, 5.41) is 6.69. The summed E-state index contributed by atoms with van der Waals surface area (Å²) in [7, 11) is -4.16. The number of hydrogen-bond donors (Lipinski definition) is 2. The molecule has 3 aromatic rings. The molecule has 8 nitrogen and oxygen atoms in total. The lowest BCUT2D eigenvalue weighted by molar-refractivity contribution is -0.137. The number of rotatable bonds is 7. The zero-order valence-corrected chi connectivity index (χ0v) is 18.0. The molecule has 1 aromatic carbocycles. The lowest BCUT2D eigenvalue weighted by Crippen LogP contribution is -2.29. The maximum Gasteiger partial charge on any atom is 0.417 e. The van der Waals surface area contributed by atoms with E-state index in [2.05, 4.69) is 25.1 Å². The van der Waals surface area contributed by atoms with Crippen LogP contribution in [-0.4, -0.2) is 41.3 Å². The van der Waals surface area contributed by atoms with Crippen molar-refractivity contribution in [1.29, 1.82) is 0 Å². The minimum absolute atomic E-state index is 0.0917. The van der Waals surface area contributed by atoms with E-state index in [0.29, 0.717) is 17.7 Å². The summed E-state index contributed by atoms with van der Waals surface area (Å²) in [6, 6.07) is 5.95. The summed E-state index contributed by atoms with van der Waals surface area (Å²) in [5.74, 6) is 0.965. The van der Waals surface area contributed by atoms with Gasteiger partial charge in [-0.1, -0.05) is 11.6 Å². The SMILES string of the molecule is Cc1cc(C)n(-c2cc(NCCNS(=O)(=O)c3ccc(Cl)c(C(F)(F)F)c3)ncn2)n1. The van der Waals surface area contributed by atoms with Gasteiger partial charge in [0.25, 0.3) is 0 Å². The van der Waals surface area contributed by atoms with Crippen LogP contribution in [0.3, 0.4) is 0 Å². The van der Waals surface area contributed by atoms with Gasteiger partial charge in [0.05, 0.1) is 21.2 Å². The lowest BCUT2D eigenvalue weighted by Gasteiger charge is -2.12. The first-order valence-corrected chi connectivity index (χ1v) is 10.8. The Hall–Kier alpha value is -2.70. The minimum atomic E-state index is -4.76. The number of sulfonamides is 1. The fraction of sp³-hybridized carbons (Fsp3) is 0.278. The number of anilines is 1. The fourth-order valence-corrected chi connectivity index (χ4v) is 4.05. The molecule has 0 amide bonds. The highest BCUT2D eigenvalue weighted by molar-refractivity contribution is 7.89. The molecule has 0 saturated carbocycles. The van der Waals surface area contributed by atoms with Crippen molar-refractivity contribution in [2.45, 2.75) is 24.9 Å². The molecule has 2 N–H and O–H groups in total. The van der Waals surface area contributed by atoms with Gasteiger partial charge >= 0.3 is 6.18 Å². The number of nitrogens with one attached hydrogen (secondary N) is 2. The van der Waals surface area contributed by atoms with Crippen LogP contribution >= 0.6 is 11.6 Å². The van der Waals surface area contributed by atoms with Crippen LogP contribution in [0.2, 0.25) is 5.02 Å². The average molecular weight is 475 g/mol. The molecule has 0 aliphatic rings. The average Bonchev–Trinajstić information content (AvgIpc) is 3.03. The Balaban J connectivity index is 1.63. The van der Waals surface area contributed by atoms with Crippen LogP contribution in [0.4, 0.5) is 19.0 Å². The van der Waals surface area contributed by atoms with Crippen molar-refractivity contribution in [1.82, 2.24) is 24.5 Å². The molecular formula is C18H18ClF3N6O2S. The number of aromatic nitrogens is 4. The third kappa shape index (κ3) is 5.51. The topological polar surface area (TPSA) is 102 Å². The molecule has 0 spiro atoms. The van der Waals surface area contributed by atoms with E-state index >= 15 is 0 Å². The molecule has 0 radical (unpaired) electrons. The van der Waals surface area contributed by atoms with Gasteiger partial charge in [-0.2, -0.15) is 18.3 Å². The number of aryl methyl sites for hydroxylation is 2. The summed E-state index contributed by atoms with van der Waals surface area (Å²) >= 11 is 5.53. The number of nitrogens with zero attached hydrogens (tertiary/aromatic N) is 4. The van der Waals surface area contributed by atoms with E-state index in [9.17, 15) is 21.6 Å². The van der Waals surface area contributed by atoms with Gasteiger partial charge in [-0.15, -0.1) is 0 Å². The molecule has 2 aromatic heterocycles. The van der Waals surface area contributed by atoms with Gasteiger partial charge < -0.3 is 5.32 Å². The van der Waals surface area contributed by atoms with Gasteiger partial charge in [0.1, 0.15) is 12.1 Å². The first kappa shape index (κ1) is 23.0. The van der Waals surface area contributed by atoms with Crippen LogP contribution in [0.25, 0.3) is 5.82 Å². The van der Waals surface area contributed by atoms with Crippen LogP contribution in [0, 0.1) is 13.8 Å². The summed E-state index contributed by atoms with van der Waals surface area (Å²) in [6.45, 7) is 3.78. The monoisotopic (exact) mass is 474 g/mol. The van der Waals surface area contributed by atoms with E-state index in [-0.39, 0.29) is 13.1 Å². The fourth-order valence-electron chi connectivity index (χ4n) is 2.77. The van der Waals surface area contributed by atoms with Crippen LogP contribution < -0.4 is 10.0 Å². The summed E-state index contributed by atoms with van der Waals surface area (Å²) in [5.41, 5.74) is 0.500. The van der Waals surface area contributed by atoms with Gasteiger partial charge in [0, 0.05) is 24.8 Å². The van der Waals surface area contributed by atoms with E-state index in [1.54, 1.807) is 10.7 Å². The first-order valence-electron chi connectivity index (χ1n) is 8.93. The molecular weight excluding hydrogens is 457 g/mol. The smallest absolute Gasteiger partial charge is 0.369 e. The number of halogens is 4. The molecule has 0 atom stereocenters. The molecule has 2 heterocycles. The number of hydrogen-bond acceptors (Lipinski definition) is 6. The highest BCUT2D eigenvalue weighted by atomic mass is 35.5. The maximum absolute atomic E-state index is 13.0. The van der Waals surface area contributed by atoms with E-state index < -0.39 is 31.7 Å². The number of benzene rings is 1. The second kappa shape index (κ2) is 8.81. The number of alkyl halides is 3. The van der Waals surface area contributed by atoms with Crippen molar-refractivity contribution in [3.63, 3.8) is 0 Å². The zero-order chi connectivity index (χ0) is 22.8. The minimum Gasteiger partial charge on any atom is -0.369 e. The molecule has 0 saturated heterocycles.